The molecule has 1 saturated carbocycles. The lowest BCUT2D eigenvalue weighted by Gasteiger charge is -2.29. The molecule has 2 N–H and O–H groups in total. The van der Waals surface area contributed by atoms with Crippen LogP contribution < -0.4 is 15.4 Å². The number of para-hydroxylation sites is 1. The Hall–Kier alpha value is -3.20. The molecule has 0 saturated heterocycles. The second-order valence-electron chi connectivity index (χ2n) is 7.32. The Morgan fingerprint density at radius 3 is 2.45 bits per heavy atom. The van der Waals surface area contributed by atoms with Crippen molar-refractivity contribution < 1.29 is 23.1 Å². The molecule has 1 aliphatic rings. The maximum absolute atomic E-state index is 13.6. The predicted molar refractivity (Wildman–Crippen MR) is 113 cm³/mol. The quantitative estimate of drug-likeness (QED) is 0.577. The van der Waals surface area contributed by atoms with Gasteiger partial charge in [0.1, 0.15) is 17.3 Å². The first-order chi connectivity index (χ1) is 15.1. The van der Waals surface area contributed by atoms with Crippen LogP contribution in [-0.4, -0.2) is 28.9 Å². The summed E-state index contributed by atoms with van der Waals surface area (Å²) in [7, 11) is 0. The number of nitrogens with one attached hydrogen (secondary N) is 2. The molecule has 9 heteroatoms. The lowest BCUT2D eigenvalue weighted by Crippen LogP contribution is -2.43. The van der Waals surface area contributed by atoms with Crippen LogP contribution in [0.25, 0.3) is 0 Å². The molecule has 1 aliphatic carbocycles. The lowest BCUT2D eigenvalue weighted by molar-refractivity contribution is 0.0874. The monoisotopic (exact) mass is 443 g/mol. The highest BCUT2D eigenvalue weighted by atomic mass is 32.1. The number of hydrogen-bond acceptors (Lipinski definition) is 6. The summed E-state index contributed by atoms with van der Waals surface area (Å²) in [5.41, 5.74) is 0.324. The first-order valence-electron chi connectivity index (χ1n) is 10.1. The summed E-state index contributed by atoms with van der Waals surface area (Å²) in [5, 5.41) is 8.24. The number of amides is 2. The number of halogens is 1. The Kier molecular flexibility index (Phi) is 6.61. The summed E-state index contributed by atoms with van der Waals surface area (Å²) >= 11 is 1.30. The third-order valence-corrected chi connectivity index (χ3v) is 5.94. The van der Waals surface area contributed by atoms with Gasteiger partial charge in [0.25, 0.3) is 11.8 Å². The highest BCUT2D eigenvalue weighted by Gasteiger charge is 2.25. The van der Waals surface area contributed by atoms with E-state index < -0.39 is 5.82 Å². The number of thiazole rings is 1. The number of ether oxygens (including phenoxy) is 1. The Labute approximate surface area is 182 Å². The average molecular weight is 444 g/mol. The van der Waals surface area contributed by atoms with E-state index in [9.17, 15) is 14.0 Å². The smallest absolute Gasteiger partial charge is 0.287 e. The second kappa shape index (κ2) is 9.74. The molecule has 0 radical (unpaired) electrons. The number of furan rings is 1. The van der Waals surface area contributed by atoms with Gasteiger partial charge in [-0.25, -0.2) is 9.37 Å². The molecule has 0 unspecified atom stereocenters. The van der Waals surface area contributed by atoms with Crippen molar-refractivity contribution in [2.75, 3.05) is 0 Å². The van der Waals surface area contributed by atoms with Crippen LogP contribution in [0, 0.1) is 5.82 Å². The van der Waals surface area contributed by atoms with Crippen molar-refractivity contribution in [3.8, 4) is 5.75 Å². The van der Waals surface area contributed by atoms with Crippen LogP contribution in [0.3, 0.4) is 0 Å². The summed E-state index contributed by atoms with van der Waals surface area (Å²) in [6.07, 6.45) is 4.55. The van der Waals surface area contributed by atoms with E-state index >= 15 is 0 Å². The lowest BCUT2D eigenvalue weighted by atomic mass is 9.91. The fourth-order valence-electron chi connectivity index (χ4n) is 3.49. The summed E-state index contributed by atoms with van der Waals surface area (Å²) in [5.74, 6) is -0.442. The molecule has 1 fully saturated rings. The molecular formula is C22H22FN3O4S. The molecule has 3 aromatic rings. The largest absolute Gasteiger partial charge is 0.483 e. The van der Waals surface area contributed by atoms with Crippen LogP contribution in [0.5, 0.6) is 5.75 Å². The highest BCUT2D eigenvalue weighted by molar-refractivity contribution is 7.09. The van der Waals surface area contributed by atoms with Crippen molar-refractivity contribution in [1.82, 2.24) is 15.6 Å². The fourth-order valence-corrected chi connectivity index (χ4v) is 4.17. The van der Waals surface area contributed by atoms with Crippen molar-refractivity contribution in [1.29, 1.82) is 0 Å². The minimum atomic E-state index is -0.437. The summed E-state index contributed by atoms with van der Waals surface area (Å²) in [4.78, 5) is 28.9. The molecule has 2 amide bonds. The van der Waals surface area contributed by atoms with Gasteiger partial charge in [-0.15, -0.1) is 11.3 Å². The van der Waals surface area contributed by atoms with Gasteiger partial charge in [0.05, 0.1) is 6.26 Å². The van der Waals surface area contributed by atoms with E-state index in [1.165, 1.54) is 23.7 Å². The Bertz CT molecular complexity index is 1030. The normalized spacial score (nSPS) is 18.4. The van der Waals surface area contributed by atoms with Crippen molar-refractivity contribution >= 4 is 23.2 Å². The Balaban J connectivity index is 1.22. The zero-order valence-electron chi connectivity index (χ0n) is 16.7. The molecule has 2 heterocycles. The second-order valence-corrected chi connectivity index (χ2v) is 8.26. The predicted octanol–water partition coefficient (Wildman–Crippen LogP) is 3.93. The Morgan fingerprint density at radius 2 is 1.77 bits per heavy atom. The molecule has 0 bridgehead atoms. The number of hydrogen-bond donors (Lipinski definition) is 2. The van der Waals surface area contributed by atoms with Crippen LogP contribution in [-0.2, 0) is 6.61 Å². The molecule has 0 atom stereocenters. The molecule has 162 valence electrons. The van der Waals surface area contributed by atoms with E-state index in [4.69, 9.17) is 9.15 Å². The molecule has 7 nitrogen and oxygen atoms in total. The van der Waals surface area contributed by atoms with Gasteiger partial charge < -0.3 is 19.8 Å². The van der Waals surface area contributed by atoms with Gasteiger partial charge in [-0.05, 0) is 49.9 Å². The highest BCUT2D eigenvalue weighted by Crippen LogP contribution is 2.21. The minimum Gasteiger partial charge on any atom is -0.483 e. The maximum atomic E-state index is 13.6. The number of nitrogens with zero attached hydrogens (tertiary/aromatic N) is 1. The van der Waals surface area contributed by atoms with Crippen LogP contribution in [0.2, 0.25) is 0 Å². The molecule has 0 spiro atoms. The summed E-state index contributed by atoms with van der Waals surface area (Å²) < 4.78 is 24.2. The van der Waals surface area contributed by atoms with E-state index in [0.29, 0.717) is 16.5 Å². The van der Waals surface area contributed by atoms with Gasteiger partial charge >= 0.3 is 0 Å². The van der Waals surface area contributed by atoms with Crippen LogP contribution in [0.1, 0.15) is 51.7 Å². The van der Waals surface area contributed by atoms with Gasteiger partial charge in [-0.3, -0.25) is 9.59 Å². The molecular weight excluding hydrogens is 421 g/mol. The van der Waals surface area contributed by atoms with Crippen LogP contribution in [0.15, 0.2) is 52.5 Å². The number of carbonyl (C=O) groups excluding carboxylic acids is 2. The molecule has 1 aromatic carbocycles. The maximum Gasteiger partial charge on any atom is 0.287 e. The van der Waals surface area contributed by atoms with Crippen molar-refractivity contribution in [3.05, 3.63) is 70.3 Å². The molecule has 4 rings (SSSR count). The van der Waals surface area contributed by atoms with Gasteiger partial charge in [-0.1, -0.05) is 12.1 Å². The van der Waals surface area contributed by atoms with Gasteiger partial charge in [-0.2, -0.15) is 0 Å². The van der Waals surface area contributed by atoms with E-state index in [1.807, 2.05) is 0 Å². The van der Waals surface area contributed by atoms with E-state index in [2.05, 4.69) is 15.6 Å². The van der Waals surface area contributed by atoms with Crippen LogP contribution in [0.4, 0.5) is 4.39 Å². The van der Waals surface area contributed by atoms with E-state index in [1.54, 1.807) is 35.7 Å². The van der Waals surface area contributed by atoms with Crippen molar-refractivity contribution in [2.45, 2.75) is 44.4 Å². The topological polar surface area (TPSA) is 93.5 Å². The summed E-state index contributed by atoms with van der Waals surface area (Å²) in [6, 6.07) is 9.56. The fraction of sp³-hybridized carbons (Fsp3) is 0.318. The first-order valence-corrected chi connectivity index (χ1v) is 10.9. The van der Waals surface area contributed by atoms with Crippen molar-refractivity contribution in [2.24, 2.45) is 0 Å². The van der Waals surface area contributed by atoms with E-state index in [-0.39, 0.29) is 36.3 Å². The first kappa shape index (κ1) is 21.0. The third kappa shape index (κ3) is 5.49. The number of aromatic nitrogens is 1. The van der Waals surface area contributed by atoms with Gasteiger partial charge in [0, 0.05) is 17.5 Å². The molecule has 2 aromatic heterocycles. The molecule has 31 heavy (non-hydrogen) atoms. The zero-order chi connectivity index (χ0) is 21.6. The minimum absolute atomic E-state index is 0.0316. The number of benzene rings is 1. The van der Waals surface area contributed by atoms with Crippen molar-refractivity contribution in [3.63, 3.8) is 0 Å². The summed E-state index contributed by atoms with van der Waals surface area (Å²) in [6.45, 7) is 0.0966. The van der Waals surface area contributed by atoms with Gasteiger partial charge in [0.15, 0.2) is 17.3 Å². The Morgan fingerprint density at radius 1 is 1.06 bits per heavy atom. The molecule has 0 aliphatic heterocycles. The third-order valence-electron chi connectivity index (χ3n) is 5.11. The number of rotatable bonds is 7. The average Bonchev–Trinajstić information content (AvgIpc) is 3.47. The zero-order valence-corrected chi connectivity index (χ0v) is 17.5. The van der Waals surface area contributed by atoms with Crippen LogP contribution >= 0.6 is 11.3 Å². The van der Waals surface area contributed by atoms with Gasteiger partial charge in [0.2, 0.25) is 0 Å². The standard InChI is InChI=1S/C22H22FN3O4S/c23-16-4-1-2-5-18(16)30-12-20-26-17(13-31-20)21(27)24-14-7-9-15(10-8-14)25-22(28)19-6-3-11-29-19/h1-6,11,13-15H,7-10,12H2,(H,24,27)(H,25,28). The number of carbonyl (C=O) groups is 2. The SMILES string of the molecule is O=C(NC1CCC(NC(=O)c2ccco2)CC1)c1csc(COc2ccccc2F)n1. The van der Waals surface area contributed by atoms with E-state index in [0.717, 1.165) is 25.7 Å².